The minimum Gasteiger partial charge on any atom is -0.459 e. The molecule has 1 atom stereocenters. The molecule has 0 aliphatic carbocycles. The van der Waals surface area contributed by atoms with Crippen molar-refractivity contribution in [3.05, 3.63) is 12.7 Å². The molecule has 0 saturated carbocycles. The zero-order valence-electron chi connectivity index (χ0n) is 10.8. The Bertz CT molecular complexity index is 187. The van der Waals surface area contributed by atoms with Gasteiger partial charge in [-0.1, -0.05) is 52.5 Å². The largest absolute Gasteiger partial charge is 0.459 e. The maximum absolute atomic E-state index is 11.0. The van der Waals surface area contributed by atoms with E-state index in [0.29, 0.717) is 0 Å². The molecule has 0 aliphatic heterocycles. The van der Waals surface area contributed by atoms with Gasteiger partial charge in [0, 0.05) is 6.08 Å². The topological polar surface area (TPSA) is 26.3 Å². The van der Waals surface area contributed by atoms with Crippen molar-refractivity contribution in [3.63, 3.8) is 0 Å². The van der Waals surface area contributed by atoms with Gasteiger partial charge in [0.25, 0.3) is 0 Å². The number of esters is 1. The normalized spacial score (nSPS) is 12.1. The standard InChI is InChI=1S/C14H26O2/c1-4-7-8-9-10-11-12-13(5-2)16-14(15)6-3/h6,13H,3-5,7-12H2,1-2H3. The molecule has 0 aromatic heterocycles. The summed E-state index contributed by atoms with van der Waals surface area (Å²) in [4.78, 5) is 11.0. The predicted octanol–water partition coefficient (Wildman–Crippen LogP) is 4.24. The van der Waals surface area contributed by atoms with Crippen molar-refractivity contribution in [1.82, 2.24) is 0 Å². The molecule has 0 aliphatic rings. The minimum absolute atomic E-state index is 0.0803. The molecule has 94 valence electrons. The highest BCUT2D eigenvalue weighted by atomic mass is 16.5. The van der Waals surface area contributed by atoms with E-state index in [1.165, 1.54) is 38.2 Å². The van der Waals surface area contributed by atoms with Gasteiger partial charge in [0.2, 0.25) is 0 Å². The molecule has 0 aromatic carbocycles. The Morgan fingerprint density at radius 2 is 1.81 bits per heavy atom. The van der Waals surface area contributed by atoms with Gasteiger partial charge >= 0.3 is 5.97 Å². The second-order valence-electron chi connectivity index (χ2n) is 4.23. The van der Waals surface area contributed by atoms with E-state index in [2.05, 4.69) is 20.4 Å². The number of carbonyl (C=O) groups is 1. The first-order chi connectivity index (χ1) is 7.74. The molecule has 1 unspecified atom stereocenters. The van der Waals surface area contributed by atoms with E-state index in [1.54, 1.807) is 0 Å². The molecule has 0 radical (unpaired) electrons. The van der Waals surface area contributed by atoms with Gasteiger partial charge in [-0.15, -0.1) is 0 Å². The van der Waals surface area contributed by atoms with Crippen molar-refractivity contribution < 1.29 is 9.53 Å². The monoisotopic (exact) mass is 226 g/mol. The third-order valence-corrected chi connectivity index (χ3v) is 2.78. The molecule has 2 heteroatoms. The van der Waals surface area contributed by atoms with Crippen LogP contribution in [0.3, 0.4) is 0 Å². The Balaban J connectivity index is 3.47. The quantitative estimate of drug-likeness (QED) is 0.316. The van der Waals surface area contributed by atoms with Gasteiger partial charge in [-0.05, 0) is 19.3 Å². The summed E-state index contributed by atoms with van der Waals surface area (Å²) in [5, 5.41) is 0. The second kappa shape index (κ2) is 10.7. The molecule has 0 spiro atoms. The lowest BCUT2D eigenvalue weighted by Crippen LogP contribution is -2.15. The molecule has 0 aromatic rings. The third kappa shape index (κ3) is 8.51. The van der Waals surface area contributed by atoms with Crippen LogP contribution in [0.4, 0.5) is 0 Å². The first kappa shape index (κ1) is 15.2. The summed E-state index contributed by atoms with van der Waals surface area (Å²) in [7, 11) is 0. The van der Waals surface area contributed by atoms with Crippen LogP contribution in [0.1, 0.15) is 65.2 Å². The van der Waals surface area contributed by atoms with Gasteiger partial charge in [0.1, 0.15) is 6.10 Å². The Morgan fingerprint density at radius 3 is 2.38 bits per heavy atom. The Morgan fingerprint density at radius 1 is 1.19 bits per heavy atom. The highest BCUT2D eigenvalue weighted by Gasteiger charge is 2.09. The van der Waals surface area contributed by atoms with Crippen molar-refractivity contribution in [2.75, 3.05) is 0 Å². The van der Waals surface area contributed by atoms with Crippen LogP contribution in [0, 0.1) is 0 Å². The molecule has 16 heavy (non-hydrogen) atoms. The summed E-state index contributed by atoms with van der Waals surface area (Å²) in [6.07, 6.45) is 10.9. The Hall–Kier alpha value is -0.790. The number of unbranched alkanes of at least 4 members (excludes halogenated alkanes) is 5. The van der Waals surface area contributed by atoms with Crippen molar-refractivity contribution >= 4 is 5.97 Å². The summed E-state index contributed by atoms with van der Waals surface area (Å²) in [5.74, 6) is -0.294. The van der Waals surface area contributed by atoms with Crippen molar-refractivity contribution in [3.8, 4) is 0 Å². The zero-order valence-corrected chi connectivity index (χ0v) is 10.8. The number of hydrogen-bond donors (Lipinski definition) is 0. The lowest BCUT2D eigenvalue weighted by atomic mass is 10.1. The molecule has 0 N–H and O–H groups in total. The Kier molecular flexibility index (Phi) is 10.2. The van der Waals surface area contributed by atoms with Crippen molar-refractivity contribution in [1.29, 1.82) is 0 Å². The summed E-state index contributed by atoms with van der Waals surface area (Å²) in [5.41, 5.74) is 0. The van der Waals surface area contributed by atoms with E-state index >= 15 is 0 Å². The molecule has 2 nitrogen and oxygen atoms in total. The lowest BCUT2D eigenvalue weighted by Gasteiger charge is -2.14. The first-order valence-electron chi connectivity index (χ1n) is 6.57. The average molecular weight is 226 g/mol. The number of ether oxygens (including phenoxy) is 1. The molecule has 0 fully saturated rings. The van der Waals surface area contributed by atoms with Crippen LogP contribution in [0.2, 0.25) is 0 Å². The highest BCUT2D eigenvalue weighted by molar-refractivity contribution is 5.81. The van der Waals surface area contributed by atoms with Crippen molar-refractivity contribution in [2.45, 2.75) is 71.3 Å². The molecule has 0 bridgehead atoms. The van der Waals surface area contributed by atoms with Crippen LogP contribution < -0.4 is 0 Å². The third-order valence-electron chi connectivity index (χ3n) is 2.78. The van der Waals surface area contributed by atoms with E-state index in [1.807, 2.05) is 0 Å². The average Bonchev–Trinajstić information content (AvgIpc) is 2.31. The van der Waals surface area contributed by atoms with Crippen LogP contribution in [0.25, 0.3) is 0 Å². The fourth-order valence-corrected chi connectivity index (χ4v) is 1.71. The second-order valence-corrected chi connectivity index (χ2v) is 4.23. The van der Waals surface area contributed by atoms with E-state index in [9.17, 15) is 4.79 Å². The maximum Gasteiger partial charge on any atom is 0.330 e. The molecule has 0 amide bonds. The van der Waals surface area contributed by atoms with Crippen LogP contribution in [0.15, 0.2) is 12.7 Å². The minimum atomic E-state index is -0.294. The maximum atomic E-state index is 11.0. The van der Waals surface area contributed by atoms with E-state index < -0.39 is 0 Å². The van der Waals surface area contributed by atoms with Gasteiger partial charge in [0.05, 0.1) is 0 Å². The van der Waals surface area contributed by atoms with Crippen LogP contribution >= 0.6 is 0 Å². The molecule has 0 saturated heterocycles. The van der Waals surface area contributed by atoms with Gasteiger partial charge in [-0.2, -0.15) is 0 Å². The molecule has 0 heterocycles. The van der Waals surface area contributed by atoms with Crippen LogP contribution in [0.5, 0.6) is 0 Å². The van der Waals surface area contributed by atoms with E-state index in [4.69, 9.17) is 4.74 Å². The van der Waals surface area contributed by atoms with Gasteiger partial charge in [0.15, 0.2) is 0 Å². The van der Waals surface area contributed by atoms with Crippen LogP contribution in [-0.4, -0.2) is 12.1 Å². The fourth-order valence-electron chi connectivity index (χ4n) is 1.71. The highest BCUT2D eigenvalue weighted by Crippen LogP contribution is 2.12. The van der Waals surface area contributed by atoms with E-state index in [-0.39, 0.29) is 12.1 Å². The number of carbonyl (C=O) groups excluding carboxylic acids is 1. The summed E-state index contributed by atoms with van der Waals surface area (Å²) in [6, 6.07) is 0. The SMILES string of the molecule is C=CC(=O)OC(CC)CCCCCCCC. The summed E-state index contributed by atoms with van der Waals surface area (Å²) >= 11 is 0. The number of hydrogen-bond acceptors (Lipinski definition) is 2. The lowest BCUT2D eigenvalue weighted by molar-refractivity contribution is -0.143. The molecular weight excluding hydrogens is 200 g/mol. The van der Waals surface area contributed by atoms with Gasteiger partial charge < -0.3 is 4.74 Å². The van der Waals surface area contributed by atoms with Gasteiger partial charge in [-0.3, -0.25) is 0 Å². The first-order valence-corrected chi connectivity index (χ1v) is 6.57. The molecular formula is C14H26O2. The molecule has 0 rings (SSSR count). The smallest absolute Gasteiger partial charge is 0.330 e. The summed E-state index contributed by atoms with van der Waals surface area (Å²) < 4.78 is 5.22. The summed E-state index contributed by atoms with van der Waals surface area (Å²) in [6.45, 7) is 7.68. The van der Waals surface area contributed by atoms with Gasteiger partial charge in [-0.25, -0.2) is 4.79 Å². The van der Waals surface area contributed by atoms with Crippen LogP contribution in [-0.2, 0) is 9.53 Å². The predicted molar refractivity (Wildman–Crippen MR) is 68.4 cm³/mol. The zero-order chi connectivity index (χ0) is 12.2. The van der Waals surface area contributed by atoms with E-state index in [0.717, 1.165) is 19.3 Å². The van der Waals surface area contributed by atoms with Crippen molar-refractivity contribution in [2.24, 2.45) is 0 Å². The Labute approximate surface area is 100 Å². The fraction of sp³-hybridized carbons (Fsp3) is 0.786. The number of rotatable bonds is 10.